The van der Waals surface area contributed by atoms with E-state index in [9.17, 15) is 9.59 Å². The van der Waals surface area contributed by atoms with Crippen LogP contribution in [-0.4, -0.2) is 56.4 Å². The van der Waals surface area contributed by atoms with Crippen LogP contribution in [0, 0.1) is 0 Å². The highest BCUT2D eigenvalue weighted by molar-refractivity contribution is 5.76. The molecular weight excluding hydrogens is 452 g/mol. The number of benzene rings is 1. The van der Waals surface area contributed by atoms with E-state index in [4.69, 9.17) is 0 Å². The maximum Gasteiger partial charge on any atom is 0.252 e. The Labute approximate surface area is 213 Å². The number of nitrogens with zero attached hydrogens (tertiary/aromatic N) is 5. The lowest BCUT2D eigenvalue weighted by Crippen LogP contribution is -2.49. The molecule has 8 heteroatoms. The van der Waals surface area contributed by atoms with Gasteiger partial charge in [-0.25, -0.2) is 4.98 Å². The van der Waals surface area contributed by atoms with Crippen molar-refractivity contribution in [2.75, 3.05) is 31.5 Å². The van der Waals surface area contributed by atoms with Gasteiger partial charge in [0.25, 0.3) is 5.56 Å². The highest BCUT2D eigenvalue weighted by Gasteiger charge is 2.25. The van der Waals surface area contributed by atoms with E-state index in [-0.39, 0.29) is 23.6 Å². The van der Waals surface area contributed by atoms with E-state index in [2.05, 4.69) is 58.3 Å². The number of hydrogen-bond acceptors (Lipinski definition) is 6. The summed E-state index contributed by atoms with van der Waals surface area (Å²) in [6.45, 7) is 13.6. The molecule has 0 aliphatic carbocycles. The lowest BCUT2D eigenvalue weighted by atomic mass is 9.98. The molecule has 3 aromatic rings. The van der Waals surface area contributed by atoms with Crippen LogP contribution in [0.1, 0.15) is 76.7 Å². The molecule has 1 unspecified atom stereocenters. The van der Waals surface area contributed by atoms with E-state index in [0.717, 1.165) is 43.5 Å². The third-order valence-corrected chi connectivity index (χ3v) is 7.15. The Morgan fingerprint density at radius 3 is 2.25 bits per heavy atom. The molecule has 1 amide bonds. The first kappa shape index (κ1) is 25.8. The Morgan fingerprint density at radius 1 is 0.972 bits per heavy atom. The number of hydrogen-bond donors (Lipinski definition) is 1. The van der Waals surface area contributed by atoms with Crippen molar-refractivity contribution in [3.63, 3.8) is 0 Å². The summed E-state index contributed by atoms with van der Waals surface area (Å²) in [5, 5.41) is 4.24. The van der Waals surface area contributed by atoms with Crippen molar-refractivity contribution in [1.29, 1.82) is 0 Å². The highest BCUT2D eigenvalue weighted by Crippen LogP contribution is 2.27. The van der Waals surface area contributed by atoms with Gasteiger partial charge >= 0.3 is 0 Å². The van der Waals surface area contributed by atoms with Crippen molar-refractivity contribution in [3.8, 4) is 0 Å². The Hall–Kier alpha value is -3.26. The number of amides is 1. The number of nitrogens with one attached hydrogen (secondary N) is 1. The predicted molar refractivity (Wildman–Crippen MR) is 144 cm³/mol. The first-order valence-electron chi connectivity index (χ1n) is 13.1. The molecule has 1 fully saturated rings. The second-order valence-electron chi connectivity index (χ2n) is 9.83. The second-order valence-corrected chi connectivity index (χ2v) is 9.83. The molecule has 1 aromatic carbocycles. The molecule has 1 aliphatic heterocycles. The highest BCUT2D eigenvalue weighted by atomic mass is 16.2. The molecule has 2 atom stereocenters. The van der Waals surface area contributed by atoms with Gasteiger partial charge in [0, 0.05) is 62.3 Å². The monoisotopic (exact) mass is 490 g/mol. The molecule has 1 aliphatic rings. The lowest BCUT2D eigenvalue weighted by Gasteiger charge is -2.39. The summed E-state index contributed by atoms with van der Waals surface area (Å²) in [5.74, 6) is 0.751. The summed E-state index contributed by atoms with van der Waals surface area (Å²) in [5.41, 5.74) is 3.02. The molecular formula is C28H38N6O2. The van der Waals surface area contributed by atoms with Crippen molar-refractivity contribution in [2.24, 2.45) is 0 Å². The summed E-state index contributed by atoms with van der Waals surface area (Å²) in [6, 6.07) is 12.4. The quantitative estimate of drug-likeness (QED) is 0.499. The molecule has 1 N–H and O–H groups in total. The molecule has 0 radical (unpaired) electrons. The van der Waals surface area contributed by atoms with Crippen LogP contribution in [0.4, 0.5) is 5.95 Å². The zero-order valence-electron chi connectivity index (χ0n) is 22.1. The van der Waals surface area contributed by atoms with Crippen molar-refractivity contribution in [1.82, 2.24) is 24.3 Å². The normalized spacial score (nSPS) is 16.3. The first-order chi connectivity index (χ1) is 17.3. The van der Waals surface area contributed by atoms with Crippen molar-refractivity contribution in [2.45, 2.75) is 65.6 Å². The van der Waals surface area contributed by atoms with Gasteiger partial charge in [-0.2, -0.15) is 4.98 Å². The summed E-state index contributed by atoms with van der Waals surface area (Å²) >= 11 is 0. The standard InChI is InChI=1S/C28H38N6O2/c1-6-24(32-14-16-33(17-15-32)25(35)7-2)22-10-8-21(9-11-22)20(5)30-28-29-18-23-12-13-26(36)34(19(3)4)27(23)31-28/h8-13,18-20,24H,6-7,14-17H2,1-5H3,(H,29,30,31)/t20-,24?/m0/s1. The van der Waals surface area contributed by atoms with Gasteiger partial charge in [0.2, 0.25) is 11.9 Å². The Balaban J connectivity index is 1.46. The number of carbonyl (C=O) groups is 1. The van der Waals surface area contributed by atoms with E-state index >= 15 is 0 Å². The molecule has 4 rings (SSSR count). The van der Waals surface area contributed by atoms with Crippen LogP contribution in [0.15, 0.2) is 47.4 Å². The van der Waals surface area contributed by atoms with Crippen molar-refractivity contribution >= 4 is 22.9 Å². The Kier molecular flexibility index (Phi) is 8.04. The van der Waals surface area contributed by atoms with Gasteiger partial charge in [-0.1, -0.05) is 38.1 Å². The fourth-order valence-corrected chi connectivity index (χ4v) is 5.10. The van der Waals surface area contributed by atoms with Gasteiger partial charge in [0.05, 0.1) is 6.04 Å². The molecule has 0 spiro atoms. The van der Waals surface area contributed by atoms with Gasteiger partial charge in [-0.05, 0) is 44.4 Å². The van der Waals surface area contributed by atoms with Gasteiger partial charge < -0.3 is 10.2 Å². The molecule has 192 valence electrons. The summed E-state index contributed by atoms with van der Waals surface area (Å²) in [6.07, 6.45) is 3.36. The molecule has 0 bridgehead atoms. The minimum absolute atomic E-state index is 0.00288. The number of aromatic nitrogens is 3. The Morgan fingerprint density at radius 2 is 1.64 bits per heavy atom. The molecule has 36 heavy (non-hydrogen) atoms. The van der Waals surface area contributed by atoms with Crippen LogP contribution in [0.5, 0.6) is 0 Å². The van der Waals surface area contributed by atoms with Crippen LogP contribution >= 0.6 is 0 Å². The van der Waals surface area contributed by atoms with E-state index in [0.29, 0.717) is 24.1 Å². The van der Waals surface area contributed by atoms with Gasteiger partial charge in [-0.15, -0.1) is 0 Å². The van der Waals surface area contributed by atoms with E-state index in [1.54, 1.807) is 22.9 Å². The summed E-state index contributed by atoms with van der Waals surface area (Å²) in [7, 11) is 0. The van der Waals surface area contributed by atoms with Crippen molar-refractivity contribution in [3.05, 3.63) is 64.1 Å². The average molecular weight is 491 g/mol. The average Bonchev–Trinajstić information content (AvgIpc) is 2.89. The van der Waals surface area contributed by atoms with Crippen molar-refractivity contribution < 1.29 is 4.79 Å². The second kappa shape index (κ2) is 11.2. The summed E-state index contributed by atoms with van der Waals surface area (Å²) in [4.78, 5) is 38.0. The molecule has 2 aromatic heterocycles. The minimum atomic E-state index is -0.0605. The van der Waals surface area contributed by atoms with E-state index in [1.165, 1.54) is 5.56 Å². The van der Waals surface area contributed by atoms with Crippen LogP contribution in [-0.2, 0) is 4.79 Å². The van der Waals surface area contributed by atoms with Crippen LogP contribution < -0.4 is 10.9 Å². The number of rotatable bonds is 8. The maximum atomic E-state index is 12.4. The molecule has 1 saturated heterocycles. The zero-order valence-corrected chi connectivity index (χ0v) is 22.1. The maximum absolute atomic E-state index is 12.4. The van der Waals surface area contributed by atoms with Gasteiger partial charge in [0.1, 0.15) is 5.65 Å². The SMILES string of the molecule is CCC(=O)N1CCN(C(CC)c2ccc([C@H](C)Nc3ncc4ccc(=O)n(C(C)C)c4n3)cc2)CC1. The zero-order chi connectivity index (χ0) is 25.8. The first-order valence-corrected chi connectivity index (χ1v) is 13.1. The smallest absolute Gasteiger partial charge is 0.252 e. The molecule has 3 heterocycles. The number of pyridine rings is 1. The van der Waals surface area contributed by atoms with Crippen LogP contribution in [0.25, 0.3) is 11.0 Å². The van der Waals surface area contributed by atoms with Crippen LogP contribution in [0.2, 0.25) is 0 Å². The third kappa shape index (κ3) is 5.43. The fourth-order valence-electron chi connectivity index (χ4n) is 5.10. The van der Waals surface area contributed by atoms with E-state index < -0.39 is 0 Å². The minimum Gasteiger partial charge on any atom is -0.348 e. The molecule has 0 saturated carbocycles. The topological polar surface area (TPSA) is 83.4 Å². The predicted octanol–water partition coefficient (Wildman–Crippen LogP) is 4.55. The van der Waals surface area contributed by atoms with Crippen LogP contribution in [0.3, 0.4) is 0 Å². The Bertz CT molecular complexity index is 1250. The largest absolute Gasteiger partial charge is 0.348 e. The third-order valence-electron chi connectivity index (χ3n) is 7.15. The number of carbonyl (C=O) groups excluding carboxylic acids is 1. The number of fused-ring (bicyclic) bond motifs is 1. The van der Waals surface area contributed by atoms with Gasteiger partial charge in [0.15, 0.2) is 0 Å². The van der Waals surface area contributed by atoms with E-state index in [1.807, 2.05) is 25.7 Å². The fraction of sp³-hybridized carbons (Fsp3) is 0.500. The van der Waals surface area contributed by atoms with Gasteiger partial charge in [-0.3, -0.25) is 19.1 Å². The number of anilines is 1. The lowest BCUT2D eigenvalue weighted by molar-refractivity contribution is -0.132. The summed E-state index contributed by atoms with van der Waals surface area (Å²) < 4.78 is 1.70. The molecule has 8 nitrogen and oxygen atoms in total. The number of piperazine rings is 1.